The quantitative estimate of drug-likeness (QED) is 0.563. The Bertz CT molecular complexity index is 1070. The average molecular weight is 427 g/mol. The summed E-state index contributed by atoms with van der Waals surface area (Å²) in [5.74, 6) is 0.950. The van der Waals surface area contributed by atoms with Gasteiger partial charge >= 0.3 is 0 Å². The van der Waals surface area contributed by atoms with Gasteiger partial charge in [-0.1, -0.05) is 60.2 Å². The summed E-state index contributed by atoms with van der Waals surface area (Å²) < 4.78 is 5.60. The first-order valence-electron chi connectivity index (χ1n) is 11.8. The van der Waals surface area contributed by atoms with Gasteiger partial charge in [-0.3, -0.25) is 9.80 Å². The van der Waals surface area contributed by atoms with E-state index in [0.717, 1.165) is 51.3 Å². The molecule has 3 nitrogen and oxygen atoms in total. The van der Waals surface area contributed by atoms with Gasteiger partial charge in [-0.2, -0.15) is 0 Å². The monoisotopic (exact) mass is 426 g/mol. The average Bonchev–Trinajstić information content (AvgIpc) is 3.22. The summed E-state index contributed by atoms with van der Waals surface area (Å²) in [7, 11) is 1.76. The molecule has 0 unspecified atom stereocenters. The highest BCUT2D eigenvalue weighted by Crippen LogP contribution is 2.43. The summed E-state index contributed by atoms with van der Waals surface area (Å²) in [6.07, 6.45) is 2.15. The number of aryl methyl sites for hydroxylation is 2. The van der Waals surface area contributed by atoms with E-state index in [9.17, 15) is 0 Å². The van der Waals surface area contributed by atoms with Crippen LogP contribution in [-0.4, -0.2) is 43.1 Å². The molecule has 1 aliphatic carbocycles. The molecule has 32 heavy (non-hydrogen) atoms. The Morgan fingerprint density at radius 1 is 0.812 bits per heavy atom. The van der Waals surface area contributed by atoms with E-state index in [1.165, 1.54) is 33.4 Å². The first-order valence-corrected chi connectivity index (χ1v) is 11.8. The van der Waals surface area contributed by atoms with Crippen LogP contribution >= 0.6 is 0 Å². The zero-order chi connectivity index (χ0) is 22.1. The molecule has 0 amide bonds. The first-order chi connectivity index (χ1) is 15.6. The van der Waals surface area contributed by atoms with Crippen LogP contribution < -0.4 is 4.74 Å². The summed E-state index contributed by atoms with van der Waals surface area (Å²) >= 11 is 0. The predicted molar refractivity (Wildman–Crippen MR) is 131 cm³/mol. The number of rotatable bonds is 5. The van der Waals surface area contributed by atoms with Gasteiger partial charge in [-0.15, -0.1) is 0 Å². The lowest BCUT2D eigenvalue weighted by molar-refractivity contribution is 0.0314. The summed E-state index contributed by atoms with van der Waals surface area (Å²) in [6, 6.07) is 24.6. The number of ether oxygens (including phenoxy) is 1. The molecule has 166 valence electrons. The molecule has 3 aromatic rings. The van der Waals surface area contributed by atoms with Crippen LogP contribution in [0.4, 0.5) is 0 Å². The molecule has 3 heteroatoms. The van der Waals surface area contributed by atoms with Crippen molar-refractivity contribution in [1.29, 1.82) is 0 Å². The van der Waals surface area contributed by atoms with Gasteiger partial charge in [0, 0.05) is 32.7 Å². The SMILES string of the molecule is COc1cccc(C2(N3CCN(Cc4ccc(C)cc4C)CC3)Cc3ccccc3C2)c1. The molecular formula is C29H34N2O. The third kappa shape index (κ3) is 3.96. The number of hydrogen-bond donors (Lipinski definition) is 0. The van der Waals surface area contributed by atoms with Crippen LogP contribution in [0.5, 0.6) is 5.75 Å². The maximum atomic E-state index is 5.60. The first kappa shape index (κ1) is 21.2. The molecule has 1 saturated heterocycles. The van der Waals surface area contributed by atoms with Crippen LogP contribution in [0.15, 0.2) is 66.7 Å². The van der Waals surface area contributed by atoms with E-state index in [4.69, 9.17) is 4.74 Å². The molecule has 1 aliphatic heterocycles. The van der Waals surface area contributed by atoms with E-state index in [0.29, 0.717) is 0 Å². The van der Waals surface area contributed by atoms with Crippen LogP contribution in [0.1, 0.15) is 33.4 Å². The highest BCUT2D eigenvalue weighted by molar-refractivity contribution is 5.44. The van der Waals surface area contributed by atoms with Crippen LogP contribution in [0.3, 0.4) is 0 Å². The van der Waals surface area contributed by atoms with Gasteiger partial charge in [0.15, 0.2) is 0 Å². The number of benzene rings is 3. The minimum atomic E-state index is 0.0179. The van der Waals surface area contributed by atoms with Gasteiger partial charge in [-0.25, -0.2) is 0 Å². The van der Waals surface area contributed by atoms with E-state index >= 15 is 0 Å². The standard InChI is InChI=1S/C29H34N2O/c1-22-11-12-26(23(2)17-22)21-30-13-15-31(16-14-30)29(27-9-6-10-28(18-27)32-3)19-24-7-4-5-8-25(24)20-29/h4-12,17-18H,13-16,19-21H2,1-3H3. The van der Waals surface area contributed by atoms with Crippen molar-refractivity contribution in [2.45, 2.75) is 38.8 Å². The fourth-order valence-electron chi connectivity index (χ4n) is 5.72. The molecule has 5 rings (SSSR count). The van der Waals surface area contributed by atoms with Gasteiger partial charge in [0.1, 0.15) is 5.75 Å². The summed E-state index contributed by atoms with van der Waals surface area (Å²) in [4.78, 5) is 5.37. The number of methoxy groups -OCH3 is 1. The molecule has 1 heterocycles. The third-order valence-corrected chi connectivity index (χ3v) is 7.56. The van der Waals surface area contributed by atoms with Crippen LogP contribution in [-0.2, 0) is 24.9 Å². The Morgan fingerprint density at radius 2 is 1.53 bits per heavy atom. The minimum Gasteiger partial charge on any atom is -0.497 e. The van der Waals surface area contributed by atoms with E-state index in [-0.39, 0.29) is 5.54 Å². The van der Waals surface area contributed by atoms with Crippen LogP contribution in [0, 0.1) is 13.8 Å². The maximum Gasteiger partial charge on any atom is 0.119 e. The van der Waals surface area contributed by atoms with Crippen LogP contribution in [0.25, 0.3) is 0 Å². The lowest BCUT2D eigenvalue weighted by Crippen LogP contribution is -2.55. The molecule has 2 aliphatic rings. The largest absolute Gasteiger partial charge is 0.497 e. The van der Waals surface area contributed by atoms with Crippen molar-refractivity contribution in [2.75, 3.05) is 33.3 Å². The second-order valence-electron chi connectivity index (χ2n) is 9.58. The van der Waals surface area contributed by atoms with E-state index in [1.807, 2.05) is 0 Å². The molecular weight excluding hydrogens is 392 g/mol. The van der Waals surface area contributed by atoms with Crippen molar-refractivity contribution in [3.05, 3.63) is 100 Å². The summed E-state index contributed by atoms with van der Waals surface area (Å²) in [5.41, 5.74) is 8.60. The van der Waals surface area contributed by atoms with E-state index in [1.54, 1.807) is 7.11 Å². The maximum absolute atomic E-state index is 5.60. The Hall–Kier alpha value is -2.62. The number of piperazine rings is 1. The Labute approximate surface area is 192 Å². The van der Waals surface area contributed by atoms with Crippen LogP contribution in [0.2, 0.25) is 0 Å². The van der Waals surface area contributed by atoms with Crippen molar-refractivity contribution >= 4 is 0 Å². The van der Waals surface area contributed by atoms with Crippen molar-refractivity contribution in [3.8, 4) is 5.75 Å². The third-order valence-electron chi connectivity index (χ3n) is 7.56. The van der Waals surface area contributed by atoms with Crippen molar-refractivity contribution in [2.24, 2.45) is 0 Å². The smallest absolute Gasteiger partial charge is 0.119 e. The van der Waals surface area contributed by atoms with Gasteiger partial charge < -0.3 is 4.74 Å². The molecule has 1 fully saturated rings. The van der Waals surface area contributed by atoms with Gasteiger partial charge in [0.05, 0.1) is 12.6 Å². The molecule has 0 atom stereocenters. The topological polar surface area (TPSA) is 15.7 Å². The molecule has 0 aromatic heterocycles. The van der Waals surface area contributed by atoms with Gasteiger partial charge in [0.2, 0.25) is 0 Å². The lowest BCUT2D eigenvalue weighted by Gasteiger charge is -2.46. The highest BCUT2D eigenvalue weighted by atomic mass is 16.5. The molecule has 3 aromatic carbocycles. The zero-order valence-electron chi connectivity index (χ0n) is 19.6. The Morgan fingerprint density at radius 3 is 2.19 bits per heavy atom. The van der Waals surface area contributed by atoms with Crippen molar-refractivity contribution < 1.29 is 4.74 Å². The fourth-order valence-corrected chi connectivity index (χ4v) is 5.72. The second-order valence-corrected chi connectivity index (χ2v) is 9.58. The molecule has 0 bridgehead atoms. The second kappa shape index (κ2) is 8.73. The summed E-state index contributed by atoms with van der Waals surface area (Å²) in [6.45, 7) is 9.86. The molecule has 0 N–H and O–H groups in total. The predicted octanol–water partition coefficient (Wildman–Crippen LogP) is 5.12. The molecule has 0 radical (unpaired) electrons. The minimum absolute atomic E-state index is 0.0179. The Balaban J connectivity index is 1.38. The fraction of sp³-hybridized carbons (Fsp3) is 0.379. The normalized spacial score (nSPS) is 18.5. The van der Waals surface area contributed by atoms with Crippen molar-refractivity contribution in [1.82, 2.24) is 9.80 Å². The zero-order valence-corrected chi connectivity index (χ0v) is 19.6. The van der Waals surface area contributed by atoms with Gasteiger partial charge in [0.25, 0.3) is 0 Å². The molecule has 0 saturated carbocycles. The number of hydrogen-bond acceptors (Lipinski definition) is 3. The van der Waals surface area contributed by atoms with E-state index < -0.39 is 0 Å². The highest BCUT2D eigenvalue weighted by Gasteiger charge is 2.44. The number of nitrogens with zero attached hydrogens (tertiary/aromatic N) is 2. The van der Waals surface area contributed by atoms with Crippen molar-refractivity contribution in [3.63, 3.8) is 0 Å². The number of fused-ring (bicyclic) bond motifs is 1. The molecule has 0 spiro atoms. The summed E-state index contributed by atoms with van der Waals surface area (Å²) in [5, 5.41) is 0. The van der Waals surface area contributed by atoms with E-state index in [2.05, 4.69) is 90.4 Å². The lowest BCUT2D eigenvalue weighted by atomic mass is 9.84. The Kier molecular flexibility index (Phi) is 5.79. The van der Waals surface area contributed by atoms with Gasteiger partial charge in [-0.05, 0) is 66.6 Å².